The summed E-state index contributed by atoms with van der Waals surface area (Å²) in [5, 5.41) is 12.3. The van der Waals surface area contributed by atoms with Crippen LogP contribution in [0.25, 0.3) is 11.5 Å². The average molecular weight is 231 g/mol. The molecule has 0 saturated carbocycles. The smallest absolute Gasteiger partial charge is 0.223 e. The second-order valence-electron chi connectivity index (χ2n) is 3.98. The maximum Gasteiger partial charge on any atom is 0.223 e. The van der Waals surface area contributed by atoms with Crippen molar-refractivity contribution in [2.45, 2.75) is 39.2 Å². The molecule has 2 aromatic heterocycles. The van der Waals surface area contributed by atoms with Crippen LogP contribution in [0, 0.1) is 0 Å². The summed E-state index contributed by atoms with van der Waals surface area (Å²) < 4.78 is 0. The normalized spacial score (nSPS) is 10.6. The number of hydrogen-bond acceptors (Lipinski definition) is 4. The van der Waals surface area contributed by atoms with Gasteiger partial charge in [-0.1, -0.05) is 32.3 Å². The fourth-order valence-electron chi connectivity index (χ4n) is 1.62. The highest BCUT2D eigenvalue weighted by Gasteiger charge is 2.05. The zero-order chi connectivity index (χ0) is 11.9. The highest BCUT2D eigenvalue weighted by atomic mass is 15.6. The lowest BCUT2D eigenvalue weighted by atomic mass is 10.2. The molecule has 0 saturated heterocycles. The van der Waals surface area contributed by atoms with Crippen molar-refractivity contribution in [1.82, 2.24) is 25.2 Å². The van der Waals surface area contributed by atoms with Crippen LogP contribution in [0.4, 0.5) is 0 Å². The van der Waals surface area contributed by atoms with Gasteiger partial charge < -0.3 is 0 Å². The minimum Gasteiger partial charge on any atom is -0.253 e. The Morgan fingerprint density at radius 2 is 2.12 bits per heavy atom. The van der Waals surface area contributed by atoms with Crippen LogP contribution in [-0.2, 0) is 6.54 Å². The average Bonchev–Trinajstić information content (AvgIpc) is 2.85. The van der Waals surface area contributed by atoms with Crippen LogP contribution >= 0.6 is 0 Å². The Hall–Kier alpha value is -1.78. The highest BCUT2D eigenvalue weighted by molar-refractivity contribution is 5.46. The van der Waals surface area contributed by atoms with Gasteiger partial charge in [0.2, 0.25) is 5.82 Å². The molecule has 0 spiro atoms. The van der Waals surface area contributed by atoms with Crippen LogP contribution < -0.4 is 0 Å². The van der Waals surface area contributed by atoms with Crippen LogP contribution in [0.5, 0.6) is 0 Å². The van der Waals surface area contributed by atoms with Crippen LogP contribution in [0.15, 0.2) is 24.4 Å². The number of aryl methyl sites for hydroxylation is 1. The first-order valence-electron chi connectivity index (χ1n) is 6.09. The van der Waals surface area contributed by atoms with E-state index in [9.17, 15) is 0 Å². The molecule has 0 fully saturated rings. The van der Waals surface area contributed by atoms with Gasteiger partial charge in [0.1, 0.15) is 5.69 Å². The predicted molar refractivity (Wildman–Crippen MR) is 65.2 cm³/mol. The van der Waals surface area contributed by atoms with Crippen LogP contribution in [-0.4, -0.2) is 25.2 Å². The molecule has 0 atom stereocenters. The molecule has 0 aliphatic rings. The second-order valence-corrected chi connectivity index (χ2v) is 3.98. The van der Waals surface area contributed by atoms with Gasteiger partial charge in [0.05, 0.1) is 6.54 Å². The topological polar surface area (TPSA) is 56.5 Å². The second kappa shape index (κ2) is 6.08. The van der Waals surface area contributed by atoms with Gasteiger partial charge in [0, 0.05) is 6.20 Å². The minimum atomic E-state index is 0.598. The van der Waals surface area contributed by atoms with Crippen molar-refractivity contribution in [3.8, 4) is 11.5 Å². The van der Waals surface area contributed by atoms with Crippen molar-refractivity contribution in [2.24, 2.45) is 0 Å². The standard InChI is InChI=1S/C12H17N5/c1-2-3-4-7-10-17-15-12(14-16-17)11-8-5-6-9-13-11/h5-6,8-9H,2-4,7,10H2,1H3. The number of tetrazole rings is 1. The maximum absolute atomic E-state index is 4.31. The Bertz CT molecular complexity index is 437. The Labute approximate surface area is 101 Å². The maximum atomic E-state index is 4.31. The van der Waals surface area contributed by atoms with Gasteiger partial charge in [0.25, 0.3) is 0 Å². The van der Waals surface area contributed by atoms with E-state index in [1.807, 2.05) is 18.2 Å². The molecule has 5 heteroatoms. The van der Waals surface area contributed by atoms with Crippen molar-refractivity contribution >= 4 is 0 Å². The van der Waals surface area contributed by atoms with Crippen molar-refractivity contribution in [2.75, 3.05) is 0 Å². The predicted octanol–water partition coefficient (Wildman–Crippen LogP) is 2.32. The van der Waals surface area contributed by atoms with E-state index in [1.165, 1.54) is 19.3 Å². The molecular formula is C12H17N5. The molecule has 17 heavy (non-hydrogen) atoms. The number of unbranched alkanes of at least 4 members (excludes halogenated alkanes) is 3. The number of pyridine rings is 1. The lowest BCUT2D eigenvalue weighted by Crippen LogP contribution is -2.02. The fraction of sp³-hybridized carbons (Fsp3) is 0.500. The van der Waals surface area contributed by atoms with Gasteiger partial charge in [-0.2, -0.15) is 4.80 Å². The zero-order valence-electron chi connectivity index (χ0n) is 10.1. The quantitative estimate of drug-likeness (QED) is 0.716. The van der Waals surface area contributed by atoms with Gasteiger partial charge in [-0.25, -0.2) is 0 Å². The summed E-state index contributed by atoms with van der Waals surface area (Å²) in [7, 11) is 0. The van der Waals surface area contributed by atoms with E-state index in [2.05, 4.69) is 27.3 Å². The number of rotatable bonds is 6. The summed E-state index contributed by atoms with van der Waals surface area (Å²) >= 11 is 0. The molecule has 0 aliphatic heterocycles. The Kier molecular flexibility index (Phi) is 4.18. The van der Waals surface area contributed by atoms with Crippen LogP contribution in [0.2, 0.25) is 0 Å². The van der Waals surface area contributed by atoms with E-state index in [4.69, 9.17) is 0 Å². The Morgan fingerprint density at radius 3 is 2.88 bits per heavy atom. The van der Waals surface area contributed by atoms with Gasteiger partial charge in [-0.3, -0.25) is 4.98 Å². The van der Waals surface area contributed by atoms with Crippen molar-refractivity contribution in [1.29, 1.82) is 0 Å². The molecule has 2 rings (SSSR count). The molecule has 0 unspecified atom stereocenters. The third-order valence-corrected chi connectivity index (χ3v) is 2.56. The summed E-state index contributed by atoms with van der Waals surface area (Å²) in [4.78, 5) is 5.85. The summed E-state index contributed by atoms with van der Waals surface area (Å²) in [6, 6.07) is 5.68. The van der Waals surface area contributed by atoms with E-state index in [0.29, 0.717) is 5.82 Å². The monoisotopic (exact) mass is 231 g/mol. The molecule has 0 radical (unpaired) electrons. The fourth-order valence-corrected chi connectivity index (χ4v) is 1.62. The first kappa shape index (κ1) is 11.7. The number of hydrogen-bond donors (Lipinski definition) is 0. The van der Waals surface area contributed by atoms with Crippen LogP contribution in [0.1, 0.15) is 32.6 Å². The van der Waals surface area contributed by atoms with E-state index in [0.717, 1.165) is 18.7 Å². The van der Waals surface area contributed by atoms with Gasteiger partial charge in [-0.15, -0.1) is 10.2 Å². The Balaban J connectivity index is 1.92. The van der Waals surface area contributed by atoms with Crippen molar-refractivity contribution in [3.05, 3.63) is 24.4 Å². The minimum absolute atomic E-state index is 0.598. The molecule has 0 aromatic carbocycles. The summed E-state index contributed by atoms with van der Waals surface area (Å²) in [5.74, 6) is 0.598. The first-order chi connectivity index (χ1) is 8.40. The number of aromatic nitrogens is 5. The van der Waals surface area contributed by atoms with Crippen LogP contribution in [0.3, 0.4) is 0 Å². The summed E-state index contributed by atoms with van der Waals surface area (Å²) in [6.45, 7) is 3.03. The molecule has 5 nitrogen and oxygen atoms in total. The van der Waals surface area contributed by atoms with E-state index >= 15 is 0 Å². The highest BCUT2D eigenvalue weighted by Crippen LogP contribution is 2.08. The molecule has 2 heterocycles. The first-order valence-corrected chi connectivity index (χ1v) is 6.09. The SMILES string of the molecule is CCCCCCn1nnc(-c2ccccn2)n1. The molecule has 0 amide bonds. The third-order valence-electron chi connectivity index (χ3n) is 2.56. The molecule has 2 aromatic rings. The molecule has 0 bridgehead atoms. The number of nitrogens with zero attached hydrogens (tertiary/aromatic N) is 5. The zero-order valence-corrected chi connectivity index (χ0v) is 10.1. The summed E-state index contributed by atoms with van der Waals surface area (Å²) in [6.07, 6.45) is 6.56. The van der Waals surface area contributed by atoms with Gasteiger partial charge in [-0.05, 0) is 23.8 Å². The van der Waals surface area contributed by atoms with Crippen molar-refractivity contribution in [3.63, 3.8) is 0 Å². The van der Waals surface area contributed by atoms with Crippen molar-refractivity contribution < 1.29 is 0 Å². The third kappa shape index (κ3) is 3.34. The lowest BCUT2D eigenvalue weighted by Gasteiger charge is -1.97. The molecular weight excluding hydrogens is 214 g/mol. The van der Waals surface area contributed by atoms with E-state index < -0.39 is 0 Å². The van der Waals surface area contributed by atoms with E-state index in [1.54, 1.807) is 11.0 Å². The van der Waals surface area contributed by atoms with Gasteiger partial charge in [0.15, 0.2) is 0 Å². The summed E-state index contributed by atoms with van der Waals surface area (Å²) in [5.41, 5.74) is 0.771. The Morgan fingerprint density at radius 1 is 1.18 bits per heavy atom. The molecule has 0 aliphatic carbocycles. The largest absolute Gasteiger partial charge is 0.253 e. The van der Waals surface area contributed by atoms with Gasteiger partial charge >= 0.3 is 0 Å². The molecule has 0 N–H and O–H groups in total. The van der Waals surface area contributed by atoms with E-state index in [-0.39, 0.29) is 0 Å². The molecule has 90 valence electrons. The lowest BCUT2D eigenvalue weighted by molar-refractivity contribution is 0.480.